The Morgan fingerprint density at radius 2 is 1.87 bits per heavy atom. The average molecular weight is 656 g/mol. The van der Waals surface area contributed by atoms with Crippen molar-refractivity contribution >= 4 is 60.6 Å². The molecule has 1 amide bonds. The van der Waals surface area contributed by atoms with Crippen LogP contribution in [0.25, 0.3) is 10.9 Å². The van der Waals surface area contributed by atoms with Crippen LogP contribution in [0.1, 0.15) is 44.5 Å². The highest BCUT2D eigenvalue weighted by Gasteiger charge is 2.17. The quantitative estimate of drug-likeness (QED) is 0.191. The second-order valence-electron chi connectivity index (χ2n) is 8.77. The molecular formula is C29H28Br2N4O4. The van der Waals surface area contributed by atoms with Crippen LogP contribution in [0.4, 0.5) is 5.69 Å². The van der Waals surface area contributed by atoms with Gasteiger partial charge in [0.25, 0.3) is 11.5 Å². The lowest BCUT2D eigenvalue weighted by molar-refractivity contribution is -0.118. The van der Waals surface area contributed by atoms with Crippen molar-refractivity contribution in [3.63, 3.8) is 0 Å². The predicted molar refractivity (Wildman–Crippen MR) is 161 cm³/mol. The molecule has 1 heterocycles. The van der Waals surface area contributed by atoms with Gasteiger partial charge in [0.1, 0.15) is 5.82 Å². The van der Waals surface area contributed by atoms with Crippen LogP contribution in [0.2, 0.25) is 0 Å². The standard InChI is InChI=1S/C29H28Br2N4O4/c1-4-18(3)28-34-24-12-11-20(30)15-22(24)29(37)35(28)32-16-19-13-23(31)27(25(14-19)38-5-2)39-17-26(36)33-21-9-7-6-8-10-21/h6-16,18H,4-5,17H2,1-3H3,(H,33,36)/t18-/m1/s1. The number of benzene rings is 3. The monoisotopic (exact) mass is 654 g/mol. The van der Waals surface area contributed by atoms with Crippen molar-refractivity contribution in [2.75, 3.05) is 18.5 Å². The van der Waals surface area contributed by atoms with Crippen molar-refractivity contribution in [1.82, 2.24) is 9.66 Å². The number of para-hydroxylation sites is 1. The van der Waals surface area contributed by atoms with Crippen molar-refractivity contribution in [2.45, 2.75) is 33.1 Å². The van der Waals surface area contributed by atoms with Crippen LogP contribution in [0.5, 0.6) is 11.5 Å². The number of nitrogens with one attached hydrogen (secondary N) is 1. The van der Waals surface area contributed by atoms with E-state index in [0.717, 1.165) is 10.9 Å². The first-order chi connectivity index (χ1) is 18.8. The van der Waals surface area contributed by atoms with Gasteiger partial charge in [-0.2, -0.15) is 9.78 Å². The summed E-state index contributed by atoms with van der Waals surface area (Å²) in [6.07, 6.45) is 2.38. The third-order valence-corrected chi connectivity index (χ3v) is 7.03. The smallest absolute Gasteiger partial charge is 0.282 e. The molecule has 1 aromatic heterocycles. The molecule has 4 aromatic rings. The molecule has 1 atom stereocenters. The van der Waals surface area contributed by atoms with Gasteiger partial charge in [-0.3, -0.25) is 9.59 Å². The molecule has 202 valence electrons. The normalized spacial score (nSPS) is 12.0. The number of rotatable bonds is 10. The largest absolute Gasteiger partial charge is 0.490 e. The molecule has 0 aliphatic heterocycles. The fourth-order valence-electron chi connectivity index (χ4n) is 3.83. The third-order valence-electron chi connectivity index (χ3n) is 5.95. The van der Waals surface area contributed by atoms with Gasteiger partial charge >= 0.3 is 0 Å². The maximum Gasteiger partial charge on any atom is 0.282 e. The van der Waals surface area contributed by atoms with Crippen LogP contribution in [-0.2, 0) is 4.79 Å². The molecule has 0 saturated carbocycles. The fourth-order valence-corrected chi connectivity index (χ4v) is 4.76. The van der Waals surface area contributed by atoms with Gasteiger partial charge < -0.3 is 14.8 Å². The molecular weight excluding hydrogens is 628 g/mol. The predicted octanol–water partition coefficient (Wildman–Crippen LogP) is 6.73. The molecule has 0 spiro atoms. The lowest BCUT2D eigenvalue weighted by atomic mass is 10.1. The SMILES string of the molecule is CCOc1cc(C=Nn2c([C@H](C)CC)nc3ccc(Br)cc3c2=O)cc(Br)c1OCC(=O)Nc1ccccc1. The van der Waals surface area contributed by atoms with E-state index >= 15 is 0 Å². The first kappa shape index (κ1) is 28.5. The molecule has 0 bridgehead atoms. The van der Waals surface area contributed by atoms with Gasteiger partial charge in [-0.25, -0.2) is 4.98 Å². The van der Waals surface area contributed by atoms with Crippen LogP contribution in [0, 0.1) is 0 Å². The maximum absolute atomic E-state index is 13.4. The minimum absolute atomic E-state index is 0.0198. The Morgan fingerprint density at radius 1 is 1.10 bits per heavy atom. The van der Waals surface area contributed by atoms with Crippen molar-refractivity contribution in [3.8, 4) is 11.5 Å². The van der Waals surface area contributed by atoms with Crippen molar-refractivity contribution in [3.05, 3.63) is 91.4 Å². The Hall–Kier alpha value is -3.50. The number of carbonyl (C=O) groups is 1. The van der Waals surface area contributed by atoms with Gasteiger partial charge in [0, 0.05) is 16.1 Å². The lowest BCUT2D eigenvalue weighted by Crippen LogP contribution is -2.23. The van der Waals surface area contributed by atoms with Crippen LogP contribution < -0.4 is 20.3 Å². The summed E-state index contributed by atoms with van der Waals surface area (Å²) in [6, 6.07) is 18.1. The Balaban J connectivity index is 1.64. The van der Waals surface area contributed by atoms with Gasteiger partial charge in [-0.15, -0.1) is 0 Å². The van der Waals surface area contributed by atoms with Crippen LogP contribution >= 0.6 is 31.9 Å². The minimum Gasteiger partial charge on any atom is -0.490 e. The zero-order valence-electron chi connectivity index (χ0n) is 21.8. The minimum atomic E-state index is -0.298. The molecule has 8 nitrogen and oxygen atoms in total. The average Bonchev–Trinajstić information content (AvgIpc) is 2.92. The van der Waals surface area contributed by atoms with E-state index in [0.29, 0.717) is 50.6 Å². The summed E-state index contributed by atoms with van der Waals surface area (Å²) in [5.41, 5.74) is 1.73. The first-order valence-electron chi connectivity index (χ1n) is 12.5. The van der Waals surface area contributed by atoms with Gasteiger partial charge in [0.05, 0.1) is 28.2 Å². The molecule has 0 radical (unpaired) electrons. The van der Waals surface area contributed by atoms with Gasteiger partial charge in [0.15, 0.2) is 18.1 Å². The lowest BCUT2D eigenvalue weighted by Gasteiger charge is -2.15. The number of fused-ring (bicyclic) bond motifs is 1. The number of ether oxygens (including phenoxy) is 2. The molecule has 0 aliphatic carbocycles. The highest BCUT2D eigenvalue weighted by molar-refractivity contribution is 9.10. The number of anilines is 1. The summed E-state index contributed by atoms with van der Waals surface area (Å²) in [7, 11) is 0. The van der Waals surface area contributed by atoms with E-state index in [1.807, 2.05) is 51.1 Å². The number of carbonyl (C=O) groups excluding carboxylic acids is 1. The van der Waals surface area contributed by atoms with Crippen molar-refractivity contribution < 1.29 is 14.3 Å². The second-order valence-corrected chi connectivity index (χ2v) is 10.5. The number of halogens is 2. The number of aromatic nitrogens is 2. The molecule has 10 heteroatoms. The van der Waals surface area contributed by atoms with Gasteiger partial charge in [-0.05, 0) is 77.3 Å². The van der Waals surface area contributed by atoms with Crippen molar-refractivity contribution in [2.24, 2.45) is 5.10 Å². The molecule has 39 heavy (non-hydrogen) atoms. The number of hydrogen-bond donors (Lipinski definition) is 1. The van der Waals surface area contributed by atoms with Crippen LogP contribution in [-0.4, -0.2) is 35.0 Å². The van der Waals surface area contributed by atoms with E-state index in [1.54, 1.807) is 36.5 Å². The Kier molecular flexibility index (Phi) is 9.53. The summed E-state index contributed by atoms with van der Waals surface area (Å²) in [4.78, 5) is 30.6. The number of hydrogen-bond acceptors (Lipinski definition) is 6. The summed E-state index contributed by atoms with van der Waals surface area (Å²) in [6.45, 7) is 6.11. The molecule has 1 N–H and O–H groups in total. The topological polar surface area (TPSA) is 94.8 Å². The van der Waals surface area contributed by atoms with Gasteiger partial charge in [-0.1, -0.05) is 48.0 Å². The summed E-state index contributed by atoms with van der Waals surface area (Å²) in [5, 5.41) is 7.80. The van der Waals surface area contributed by atoms with Gasteiger partial charge in [0.2, 0.25) is 0 Å². The molecule has 4 rings (SSSR count). The summed E-state index contributed by atoms with van der Waals surface area (Å²) < 4.78 is 14.3. The maximum atomic E-state index is 13.4. The fraction of sp³-hybridized carbons (Fsp3) is 0.241. The Labute approximate surface area is 243 Å². The van der Waals surface area contributed by atoms with E-state index < -0.39 is 0 Å². The van der Waals surface area contributed by atoms with E-state index in [-0.39, 0.29) is 24.0 Å². The Morgan fingerprint density at radius 3 is 2.59 bits per heavy atom. The molecule has 0 saturated heterocycles. The zero-order chi connectivity index (χ0) is 27.9. The highest BCUT2D eigenvalue weighted by Crippen LogP contribution is 2.36. The zero-order valence-corrected chi connectivity index (χ0v) is 25.0. The summed E-state index contributed by atoms with van der Waals surface area (Å²) >= 11 is 6.96. The van der Waals surface area contributed by atoms with Crippen LogP contribution in [0.3, 0.4) is 0 Å². The van der Waals surface area contributed by atoms with Crippen LogP contribution in [0.15, 0.2) is 79.5 Å². The highest BCUT2D eigenvalue weighted by atomic mass is 79.9. The second kappa shape index (κ2) is 13.0. The summed E-state index contributed by atoms with van der Waals surface area (Å²) in [5.74, 6) is 1.14. The van der Waals surface area contributed by atoms with E-state index in [2.05, 4.69) is 42.3 Å². The first-order valence-corrected chi connectivity index (χ1v) is 14.1. The third kappa shape index (κ3) is 6.93. The molecule has 0 unspecified atom stereocenters. The number of nitrogens with zero attached hydrogens (tertiary/aromatic N) is 3. The molecule has 3 aromatic carbocycles. The molecule has 0 fully saturated rings. The van der Waals surface area contributed by atoms with E-state index in [1.165, 1.54) is 4.68 Å². The number of amides is 1. The molecule has 0 aliphatic rings. The Bertz CT molecular complexity index is 1570. The van der Waals surface area contributed by atoms with Crippen molar-refractivity contribution in [1.29, 1.82) is 0 Å². The van der Waals surface area contributed by atoms with E-state index in [9.17, 15) is 9.59 Å². The van der Waals surface area contributed by atoms with E-state index in [4.69, 9.17) is 14.5 Å².